The quantitative estimate of drug-likeness (QED) is 0.608. The van der Waals surface area contributed by atoms with Crippen LogP contribution in [0.15, 0.2) is 6.20 Å². The van der Waals surface area contributed by atoms with Crippen LogP contribution in [-0.2, 0) is 0 Å². The van der Waals surface area contributed by atoms with Crippen LogP contribution in [0.25, 0.3) is 0 Å². The van der Waals surface area contributed by atoms with E-state index in [9.17, 15) is 4.79 Å². The van der Waals surface area contributed by atoms with Crippen molar-refractivity contribution < 1.29 is 9.90 Å². The highest BCUT2D eigenvalue weighted by molar-refractivity contribution is 5.95. The van der Waals surface area contributed by atoms with E-state index in [1.165, 1.54) is 6.20 Å². The molecule has 3 N–H and O–H groups in total. The molecule has 1 heterocycles. The van der Waals surface area contributed by atoms with Crippen LogP contribution in [0.1, 0.15) is 23.0 Å². The zero-order valence-corrected chi connectivity index (χ0v) is 7.66. The Balaban J connectivity index is 2.64. The van der Waals surface area contributed by atoms with Crippen molar-refractivity contribution in [2.24, 2.45) is 0 Å². The Morgan fingerprint density at radius 3 is 3.00 bits per heavy atom. The van der Waals surface area contributed by atoms with E-state index in [1.54, 1.807) is 13.8 Å². The highest BCUT2D eigenvalue weighted by Gasteiger charge is 2.12. The molecular weight excluding hydrogens is 170 g/mol. The number of aromatic amines is 1. The molecule has 72 valence electrons. The Kier molecular flexibility index (Phi) is 3.02. The lowest BCUT2D eigenvalue weighted by atomic mass is 10.2. The first-order valence-electron chi connectivity index (χ1n) is 4.07. The Hall–Kier alpha value is -1.36. The number of hydrogen-bond donors (Lipinski definition) is 3. The number of nitrogens with one attached hydrogen (secondary N) is 2. The molecule has 0 aliphatic carbocycles. The molecule has 13 heavy (non-hydrogen) atoms. The minimum atomic E-state index is -0.234. The van der Waals surface area contributed by atoms with Crippen molar-refractivity contribution in [2.75, 3.05) is 6.61 Å². The number of hydrogen-bond acceptors (Lipinski definition) is 3. The SMILES string of the molecule is Cc1[nH]ncc1C(=O)N[C@@H](C)CO. The predicted molar refractivity (Wildman–Crippen MR) is 47.3 cm³/mol. The third-order valence-corrected chi connectivity index (χ3v) is 1.73. The van der Waals surface area contributed by atoms with Gasteiger partial charge in [-0.1, -0.05) is 0 Å². The molecule has 5 nitrogen and oxygen atoms in total. The van der Waals surface area contributed by atoms with Crippen molar-refractivity contribution in [1.82, 2.24) is 15.5 Å². The predicted octanol–water partition coefficient (Wildman–Crippen LogP) is -0.171. The van der Waals surface area contributed by atoms with E-state index in [2.05, 4.69) is 15.5 Å². The van der Waals surface area contributed by atoms with E-state index in [0.717, 1.165) is 5.69 Å². The average molecular weight is 183 g/mol. The lowest BCUT2D eigenvalue weighted by Crippen LogP contribution is -2.35. The number of H-pyrrole nitrogens is 1. The molecule has 1 aromatic rings. The fraction of sp³-hybridized carbons (Fsp3) is 0.500. The Morgan fingerprint density at radius 2 is 2.54 bits per heavy atom. The van der Waals surface area contributed by atoms with Gasteiger partial charge in [-0.2, -0.15) is 5.10 Å². The standard InChI is InChI=1S/C8H13N3O2/c1-5(4-12)10-8(13)7-3-9-11-6(7)2/h3,5,12H,4H2,1-2H3,(H,9,11)(H,10,13)/t5-/m0/s1. The highest BCUT2D eigenvalue weighted by Crippen LogP contribution is 2.01. The number of carbonyl (C=O) groups excluding carboxylic acids is 1. The van der Waals surface area contributed by atoms with Crippen LogP contribution < -0.4 is 5.32 Å². The Bertz CT molecular complexity index is 295. The summed E-state index contributed by atoms with van der Waals surface area (Å²) < 4.78 is 0. The van der Waals surface area contributed by atoms with Crippen LogP contribution >= 0.6 is 0 Å². The van der Waals surface area contributed by atoms with Gasteiger partial charge in [-0.15, -0.1) is 0 Å². The lowest BCUT2D eigenvalue weighted by Gasteiger charge is -2.09. The first kappa shape index (κ1) is 9.73. The molecule has 0 aliphatic heterocycles. The zero-order valence-electron chi connectivity index (χ0n) is 7.66. The molecule has 0 unspecified atom stereocenters. The first-order chi connectivity index (χ1) is 6.15. The van der Waals surface area contributed by atoms with Gasteiger partial charge in [0.05, 0.1) is 18.4 Å². The smallest absolute Gasteiger partial charge is 0.255 e. The fourth-order valence-corrected chi connectivity index (χ4v) is 0.927. The van der Waals surface area contributed by atoms with Crippen LogP contribution in [0.4, 0.5) is 0 Å². The third kappa shape index (κ3) is 2.29. The summed E-state index contributed by atoms with van der Waals surface area (Å²) in [5.41, 5.74) is 1.24. The normalized spacial score (nSPS) is 12.5. The van der Waals surface area contributed by atoms with E-state index >= 15 is 0 Å². The summed E-state index contributed by atoms with van der Waals surface area (Å²) in [6.07, 6.45) is 1.47. The molecule has 0 aromatic carbocycles. The van der Waals surface area contributed by atoms with Crippen molar-refractivity contribution in [2.45, 2.75) is 19.9 Å². The number of aliphatic hydroxyl groups is 1. The van der Waals surface area contributed by atoms with Gasteiger partial charge >= 0.3 is 0 Å². The van der Waals surface area contributed by atoms with Gasteiger partial charge in [0.1, 0.15) is 0 Å². The number of aliphatic hydroxyl groups excluding tert-OH is 1. The summed E-state index contributed by atoms with van der Waals surface area (Å²) in [5.74, 6) is -0.215. The van der Waals surface area contributed by atoms with Gasteiger partial charge in [0.25, 0.3) is 5.91 Å². The Labute approximate surface area is 76.2 Å². The van der Waals surface area contributed by atoms with Gasteiger partial charge in [-0.05, 0) is 13.8 Å². The molecule has 0 bridgehead atoms. The van der Waals surface area contributed by atoms with E-state index in [0.29, 0.717) is 5.56 Å². The summed E-state index contributed by atoms with van der Waals surface area (Å²) in [6.45, 7) is 3.43. The van der Waals surface area contributed by atoms with Gasteiger partial charge in [0.15, 0.2) is 0 Å². The maximum atomic E-state index is 11.4. The summed E-state index contributed by atoms with van der Waals surface area (Å²) in [6, 6.07) is -0.234. The fourth-order valence-electron chi connectivity index (χ4n) is 0.927. The maximum absolute atomic E-state index is 11.4. The topological polar surface area (TPSA) is 78.0 Å². The van der Waals surface area contributed by atoms with Gasteiger partial charge in [0, 0.05) is 11.7 Å². The van der Waals surface area contributed by atoms with Crippen molar-refractivity contribution >= 4 is 5.91 Å². The molecule has 0 spiro atoms. The summed E-state index contributed by atoms with van der Waals surface area (Å²) in [4.78, 5) is 11.4. The van der Waals surface area contributed by atoms with Crippen LogP contribution in [0.3, 0.4) is 0 Å². The van der Waals surface area contributed by atoms with E-state index < -0.39 is 0 Å². The molecule has 5 heteroatoms. The molecule has 0 saturated carbocycles. The van der Waals surface area contributed by atoms with Gasteiger partial charge < -0.3 is 10.4 Å². The minimum Gasteiger partial charge on any atom is -0.394 e. The maximum Gasteiger partial charge on any atom is 0.255 e. The van der Waals surface area contributed by atoms with Crippen molar-refractivity contribution in [1.29, 1.82) is 0 Å². The van der Waals surface area contributed by atoms with Crippen molar-refractivity contribution in [3.05, 3.63) is 17.5 Å². The molecule has 1 rings (SSSR count). The highest BCUT2D eigenvalue weighted by atomic mass is 16.3. The molecule has 1 aromatic heterocycles. The molecule has 0 fully saturated rings. The third-order valence-electron chi connectivity index (χ3n) is 1.73. The molecule has 1 amide bonds. The number of nitrogens with zero attached hydrogens (tertiary/aromatic N) is 1. The number of amides is 1. The molecule has 0 radical (unpaired) electrons. The van der Waals surface area contributed by atoms with E-state index in [4.69, 9.17) is 5.11 Å². The minimum absolute atomic E-state index is 0.0668. The second-order valence-corrected chi connectivity index (χ2v) is 2.97. The number of carbonyl (C=O) groups is 1. The summed E-state index contributed by atoms with van der Waals surface area (Å²) in [7, 11) is 0. The van der Waals surface area contributed by atoms with Gasteiger partial charge in [-0.3, -0.25) is 9.89 Å². The monoisotopic (exact) mass is 183 g/mol. The summed E-state index contributed by atoms with van der Waals surface area (Å²) in [5, 5.41) is 17.7. The molecule has 0 aliphatic rings. The second kappa shape index (κ2) is 4.04. The van der Waals surface area contributed by atoms with Crippen molar-refractivity contribution in [3.63, 3.8) is 0 Å². The average Bonchev–Trinajstić information content (AvgIpc) is 2.51. The second-order valence-electron chi connectivity index (χ2n) is 2.97. The number of rotatable bonds is 3. The number of aromatic nitrogens is 2. The zero-order chi connectivity index (χ0) is 9.84. The molecular formula is C8H13N3O2. The van der Waals surface area contributed by atoms with Crippen LogP contribution in [0, 0.1) is 6.92 Å². The molecule has 0 saturated heterocycles. The first-order valence-corrected chi connectivity index (χ1v) is 4.07. The lowest BCUT2D eigenvalue weighted by molar-refractivity contribution is 0.0922. The van der Waals surface area contributed by atoms with Gasteiger partial charge in [0.2, 0.25) is 0 Å². The Morgan fingerprint density at radius 1 is 1.85 bits per heavy atom. The number of aryl methyl sites for hydroxylation is 1. The van der Waals surface area contributed by atoms with Crippen molar-refractivity contribution in [3.8, 4) is 0 Å². The molecule has 1 atom stereocenters. The summed E-state index contributed by atoms with van der Waals surface area (Å²) >= 11 is 0. The van der Waals surface area contributed by atoms with Crippen LogP contribution in [0.5, 0.6) is 0 Å². The van der Waals surface area contributed by atoms with Gasteiger partial charge in [-0.25, -0.2) is 0 Å². The van der Waals surface area contributed by atoms with E-state index in [-0.39, 0.29) is 18.6 Å². The largest absolute Gasteiger partial charge is 0.394 e. The van der Waals surface area contributed by atoms with Crippen LogP contribution in [-0.4, -0.2) is 33.9 Å². The van der Waals surface area contributed by atoms with E-state index in [1.807, 2.05) is 0 Å². The van der Waals surface area contributed by atoms with Crippen LogP contribution in [0.2, 0.25) is 0 Å².